The molecule has 0 spiro atoms. The van der Waals surface area contributed by atoms with E-state index in [1.165, 1.54) is 0 Å². The summed E-state index contributed by atoms with van der Waals surface area (Å²) in [4.78, 5) is 2.56. The van der Waals surface area contributed by atoms with Crippen LogP contribution in [0.1, 0.15) is 0 Å². The van der Waals surface area contributed by atoms with E-state index in [0.717, 1.165) is 10.2 Å². The highest BCUT2D eigenvalue weighted by molar-refractivity contribution is 9.10. The minimum atomic E-state index is -3.41. The molecule has 1 aliphatic rings. The minimum absolute atomic E-state index is 0.343. The van der Waals surface area contributed by atoms with E-state index in [2.05, 4.69) is 33.0 Å². The first-order valence-corrected chi connectivity index (χ1v) is 9.36. The zero-order valence-corrected chi connectivity index (χ0v) is 14.4. The number of para-hydroxylation sites is 1. The molecular formula is C16H17BrN2O2S. The molecule has 0 aromatic heterocycles. The smallest absolute Gasteiger partial charge is 0.243 e. The van der Waals surface area contributed by atoms with Gasteiger partial charge in [0.05, 0.1) is 4.90 Å². The van der Waals surface area contributed by atoms with Crippen molar-refractivity contribution < 1.29 is 8.42 Å². The standard InChI is InChI=1S/C16H17BrN2O2S/c17-14-5-4-8-16(13-14)22(20,21)19-11-9-18(10-12-19)15-6-2-1-3-7-15/h1-8,13H,9-12H2. The zero-order valence-electron chi connectivity index (χ0n) is 12.0. The van der Waals surface area contributed by atoms with Gasteiger partial charge in [0.15, 0.2) is 0 Å². The molecule has 0 N–H and O–H groups in total. The molecular weight excluding hydrogens is 364 g/mol. The average Bonchev–Trinajstić information content (AvgIpc) is 2.56. The van der Waals surface area contributed by atoms with Crippen molar-refractivity contribution >= 4 is 31.6 Å². The maximum atomic E-state index is 12.7. The van der Waals surface area contributed by atoms with Crippen LogP contribution in [-0.2, 0) is 10.0 Å². The summed E-state index contributed by atoms with van der Waals surface area (Å²) in [6.45, 7) is 2.42. The number of piperazine rings is 1. The third kappa shape index (κ3) is 3.19. The number of hydrogen-bond donors (Lipinski definition) is 0. The first-order chi connectivity index (χ1) is 10.6. The highest BCUT2D eigenvalue weighted by Gasteiger charge is 2.28. The summed E-state index contributed by atoms with van der Waals surface area (Å²) in [6.07, 6.45) is 0. The van der Waals surface area contributed by atoms with Gasteiger partial charge in [0.1, 0.15) is 0 Å². The van der Waals surface area contributed by atoms with E-state index in [4.69, 9.17) is 0 Å². The Morgan fingerprint density at radius 2 is 1.55 bits per heavy atom. The first kappa shape index (κ1) is 15.5. The van der Waals surface area contributed by atoms with Crippen molar-refractivity contribution in [1.29, 1.82) is 0 Å². The number of sulfonamides is 1. The quantitative estimate of drug-likeness (QED) is 0.821. The van der Waals surface area contributed by atoms with Crippen LogP contribution in [-0.4, -0.2) is 38.9 Å². The number of benzene rings is 2. The minimum Gasteiger partial charge on any atom is -0.369 e. The first-order valence-electron chi connectivity index (χ1n) is 7.13. The monoisotopic (exact) mass is 380 g/mol. The van der Waals surface area contributed by atoms with Gasteiger partial charge in [-0.25, -0.2) is 8.42 Å². The lowest BCUT2D eigenvalue weighted by Gasteiger charge is -2.35. The summed E-state index contributed by atoms with van der Waals surface area (Å²) < 4.78 is 27.7. The normalized spacial score (nSPS) is 16.7. The summed E-state index contributed by atoms with van der Waals surface area (Å²) in [5.41, 5.74) is 1.14. The van der Waals surface area contributed by atoms with Crippen LogP contribution in [0.25, 0.3) is 0 Å². The number of rotatable bonds is 3. The van der Waals surface area contributed by atoms with E-state index in [0.29, 0.717) is 31.1 Å². The van der Waals surface area contributed by atoms with E-state index < -0.39 is 10.0 Å². The highest BCUT2D eigenvalue weighted by atomic mass is 79.9. The van der Waals surface area contributed by atoms with E-state index >= 15 is 0 Å². The van der Waals surface area contributed by atoms with Crippen LogP contribution in [0.3, 0.4) is 0 Å². The number of halogens is 1. The van der Waals surface area contributed by atoms with Gasteiger partial charge in [-0.2, -0.15) is 4.31 Å². The molecule has 1 aliphatic heterocycles. The van der Waals surface area contributed by atoms with Gasteiger partial charge in [-0.15, -0.1) is 0 Å². The molecule has 1 heterocycles. The van der Waals surface area contributed by atoms with Crippen molar-refractivity contribution in [3.63, 3.8) is 0 Å². The summed E-state index contributed by atoms with van der Waals surface area (Å²) in [6, 6.07) is 17.0. The Hall–Kier alpha value is -1.37. The Kier molecular flexibility index (Phi) is 4.52. The summed E-state index contributed by atoms with van der Waals surface area (Å²) in [7, 11) is -3.41. The second kappa shape index (κ2) is 6.40. The maximum absolute atomic E-state index is 12.7. The molecule has 0 aliphatic carbocycles. The van der Waals surface area contributed by atoms with Crippen molar-refractivity contribution in [3.8, 4) is 0 Å². The Balaban J connectivity index is 1.73. The second-order valence-corrected chi connectivity index (χ2v) is 8.04. The van der Waals surface area contributed by atoms with E-state index in [9.17, 15) is 8.42 Å². The van der Waals surface area contributed by atoms with Gasteiger partial charge in [0.25, 0.3) is 0 Å². The molecule has 0 amide bonds. The zero-order chi connectivity index (χ0) is 15.6. The SMILES string of the molecule is O=S(=O)(c1cccc(Br)c1)N1CCN(c2ccccc2)CC1. The van der Waals surface area contributed by atoms with Gasteiger partial charge in [0, 0.05) is 36.3 Å². The Labute approximate surface area is 139 Å². The third-order valence-electron chi connectivity index (χ3n) is 3.79. The van der Waals surface area contributed by atoms with Crippen molar-refractivity contribution in [2.24, 2.45) is 0 Å². The van der Waals surface area contributed by atoms with Crippen molar-refractivity contribution in [2.75, 3.05) is 31.1 Å². The summed E-state index contributed by atoms with van der Waals surface area (Å²) in [5, 5.41) is 0. The van der Waals surface area contributed by atoms with E-state index in [1.54, 1.807) is 22.5 Å². The van der Waals surface area contributed by atoms with Gasteiger partial charge in [0.2, 0.25) is 10.0 Å². The highest BCUT2D eigenvalue weighted by Crippen LogP contribution is 2.22. The second-order valence-electron chi connectivity index (χ2n) is 5.18. The summed E-state index contributed by atoms with van der Waals surface area (Å²) in [5.74, 6) is 0. The molecule has 4 nitrogen and oxygen atoms in total. The van der Waals surface area contributed by atoms with Gasteiger partial charge in [-0.1, -0.05) is 40.2 Å². The number of anilines is 1. The van der Waals surface area contributed by atoms with E-state index in [1.807, 2.05) is 24.3 Å². The molecule has 0 radical (unpaired) electrons. The molecule has 116 valence electrons. The molecule has 2 aromatic rings. The molecule has 1 fully saturated rings. The lowest BCUT2D eigenvalue weighted by molar-refractivity contribution is 0.385. The molecule has 3 rings (SSSR count). The van der Waals surface area contributed by atoms with E-state index in [-0.39, 0.29) is 0 Å². The third-order valence-corrected chi connectivity index (χ3v) is 6.18. The van der Waals surface area contributed by atoms with Gasteiger partial charge in [-0.3, -0.25) is 0 Å². The lowest BCUT2D eigenvalue weighted by atomic mass is 10.2. The fourth-order valence-electron chi connectivity index (χ4n) is 2.60. The average molecular weight is 381 g/mol. The predicted molar refractivity (Wildman–Crippen MR) is 91.6 cm³/mol. The van der Waals surface area contributed by atoms with Crippen molar-refractivity contribution in [2.45, 2.75) is 4.90 Å². The molecule has 6 heteroatoms. The van der Waals surface area contributed by atoms with Crippen LogP contribution < -0.4 is 4.90 Å². The Bertz CT molecular complexity index is 742. The molecule has 0 saturated carbocycles. The molecule has 0 bridgehead atoms. The predicted octanol–water partition coefficient (Wildman–Crippen LogP) is 2.96. The van der Waals surface area contributed by atoms with Crippen LogP contribution in [0.5, 0.6) is 0 Å². The van der Waals surface area contributed by atoms with Crippen molar-refractivity contribution in [3.05, 3.63) is 59.1 Å². The number of hydrogen-bond acceptors (Lipinski definition) is 3. The Morgan fingerprint density at radius 3 is 2.18 bits per heavy atom. The fraction of sp³-hybridized carbons (Fsp3) is 0.250. The van der Waals surface area contributed by atoms with Gasteiger partial charge >= 0.3 is 0 Å². The molecule has 0 atom stereocenters. The van der Waals surface area contributed by atoms with Gasteiger partial charge in [-0.05, 0) is 30.3 Å². The molecule has 1 saturated heterocycles. The number of nitrogens with zero attached hydrogens (tertiary/aromatic N) is 2. The Morgan fingerprint density at radius 1 is 0.864 bits per heavy atom. The van der Waals surface area contributed by atoms with Crippen LogP contribution in [0.2, 0.25) is 0 Å². The summed E-state index contributed by atoms with van der Waals surface area (Å²) >= 11 is 3.33. The molecule has 22 heavy (non-hydrogen) atoms. The van der Waals surface area contributed by atoms with Crippen molar-refractivity contribution in [1.82, 2.24) is 4.31 Å². The van der Waals surface area contributed by atoms with Crippen LogP contribution in [0, 0.1) is 0 Å². The maximum Gasteiger partial charge on any atom is 0.243 e. The van der Waals surface area contributed by atoms with Crippen LogP contribution in [0.15, 0.2) is 64.0 Å². The van der Waals surface area contributed by atoms with Gasteiger partial charge < -0.3 is 4.90 Å². The molecule has 2 aromatic carbocycles. The largest absolute Gasteiger partial charge is 0.369 e. The molecule has 0 unspecified atom stereocenters. The lowest BCUT2D eigenvalue weighted by Crippen LogP contribution is -2.48. The van der Waals surface area contributed by atoms with Crippen LogP contribution >= 0.6 is 15.9 Å². The fourth-order valence-corrected chi connectivity index (χ4v) is 4.62. The van der Waals surface area contributed by atoms with Crippen LogP contribution in [0.4, 0.5) is 5.69 Å². The topological polar surface area (TPSA) is 40.6 Å².